The van der Waals surface area contributed by atoms with Gasteiger partial charge in [-0.25, -0.2) is 4.98 Å². The molecule has 3 rings (SSSR count). The summed E-state index contributed by atoms with van der Waals surface area (Å²) in [6.45, 7) is 2.86. The Morgan fingerprint density at radius 2 is 1.93 bits per heavy atom. The second-order valence-corrected chi connectivity index (χ2v) is 7.96. The molecule has 1 N–H and O–H groups in total. The summed E-state index contributed by atoms with van der Waals surface area (Å²) >= 11 is 7.66. The van der Waals surface area contributed by atoms with Crippen LogP contribution < -0.4 is 10.1 Å². The first-order valence-corrected chi connectivity index (χ1v) is 10.6. The second-order valence-electron chi connectivity index (χ2n) is 6.43. The summed E-state index contributed by atoms with van der Waals surface area (Å²) in [6.07, 6.45) is 5.83. The molecule has 3 aromatic rings. The standard InChI is InChI=1S/C22H23ClN2O2S/c1-2-3-6-13-27-18-11-9-16(10-12-18)21(26)25-22-24-15-19(28-22)14-17-7-4-5-8-20(17)23/h4-5,7-12,15H,2-3,6,13-14H2,1H3,(H,24,25,26). The molecule has 0 saturated carbocycles. The SMILES string of the molecule is CCCCCOc1ccc(C(=O)Nc2ncc(Cc3ccccc3Cl)s2)cc1. The lowest BCUT2D eigenvalue weighted by Gasteiger charge is -2.07. The van der Waals surface area contributed by atoms with Crippen LogP contribution in [0.4, 0.5) is 5.13 Å². The van der Waals surface area contributed by atoms with E-state index in [2.05, 4.69) is 17.2 Å². The monoisotopic (exact) mass is 414 g/mol. The topological polar surface area (TPSA) is 51.2 Å². The number of carbonyl (C=O) groups is 1. The van der Waals surface area contributed by atoms with Crippen molar-refractivity contribution >= 4 is 34.0 Å². The molecule has 0 aliphatic carbocycles. The minimum Gasteiger partial charge on any atom is -0.494 e. The van der Waals surface area contributed by atoms with E-state index >= 15 is 0 Å². The molecule has 0 radical (unpaired) electrons. The zero-order chi connectivity index (χ0) is 19.8. The van der Waals surface area contributed by atoms with Gasteiger partial charge in [0.1, 0.15) is 5.75 Å². The molecule has 0 fully saturated rings. The summed E-state index contributed by atoms with van der Waals surface area (Å²) in [5, 5.41) is 4.16. The Kier molecular flexibility index (Phi) is 7.46. The van der Waals surface area contributed by atoms with Crippen molar-refractivity contribution in [2.75, 3.05) is 11.9 Å². The zero-order valence-electron chi connectivity index (χ0n) is 15.8. The number of aromatic nitrogens is 1. The van der Waals surface area contributed by atoms with Crippen LogP contribution in [0.15, 0.2) is 54.7 Å². The molecule has 0 bridgehead atoms. The number of benzene rings is 2. The molecule has 0 aliphatic heterocycles. The molecule has 146 valence electrons. The highest BCUT2D eigenvalue weighted by atomic mass is 35.5. The summed E-state index contributed by atoms with van der Waals surface area (Å²) in [7, 11) is 0. The fourth-order valence-corrected chi connectivity index (χ4v) is 3.72. The van der Waals surface area contributed by atoms with Gasteiger partial charge in [-0.05, 0) is 42.3 Å². The van der Waals surface area contributed by atoms with Crippen molar-refractivity contribution < 1.29 is 9.53 Å². The highest BCUT2D eigenvalue weighted by Crippen LogP contribution is 2.25. The molecule has 6 heteroatoms. The Balaban J connectivity index is 1.55. The van der Waals surface area contributed by atoms with Crippen LogP contribution >= 0.6 is 22.9 Å². The molecule has 0 atom stereocenters. The average molecular weight is 415 g/mol. The van der Waals surface area contributed by atoms with Gasteiger partial charge in [-0.3, -0.25) is 10.1 Å². The fourth-order valence-electron chi connectivity index (χ4n) is 2.69. The average Bonchev–Trinajstić information content (AvgIpc) is 3.14. The second kappa shape index (κ2) is 10.2. The predicted molar refractivity (Wildman–Crippen MR) is 116 cm³/mol. The molecular formula is C22H23ClN2O2S. The van der Waals surface area contributed by atoms with Gasteiger partial charge in [0.2, 0.25) is 0 Å². The van der Waals surface area contributed by atoms with Crippen LogP contribution in [-0.2, 0) is 6.42 Å². The summed E-state index contributed by atoms with van der Waals surface area (Å²) in [6, 6.07) is 14.9. The maximum atomic E-state index is 12.4. The highest BCUT2D eigenvalue weighted by Gasteiger charge is 2.10. The van der Waals surface area contributed by atoms with Crippen LogP contribution in [0.1, 0.15) is 47.0 Å². The number of ether oxygens (including phenoxy) is 1. The van der Waals surface area contributed by atoms with Crippen LogP contribution in [0.25, 0.3) is 0 Å². The third kappa shape index (κ3) is 5.81. The summed E-state index contributed by atoms with van der Waals surface area (Å²) in [5.41, 5.74) is 1.61. The van der Waals surface area contributed by atoms with Crippen LogP contribution in [0.5, 0.6) is 5.75 Å². The van der Waals surface area contributed by atoms with Gasteiger partial charge in [0.15, 0.2) is 5.13 Å². The van der Waals surface area contributed by atoms with Gasteiger partial charge >= 0.3 is 0 Å². The molecule has 1 aromatic heterocycles. The van der Waals surface area contributed by atoms with E-state index in [1.54, 1.807) is 18.3 Å². The van der Waals surface area contributed by atoms with Gasteiger partial charge in [-0.15, -0.1) is 11.3 Å². The summed E-state index contributed by atoms with van der Waals surface area (Å²) < 4.78 is 5.68. The Bertz CT molecular complexity index is 909. The van der Waals surface area contributed by atoms with E-state index in [1.807, 2.05) is 36.4 Å². The van der Waals surface area contributed by atoms with Crippen molar-refractivity contribution in [3.63, 3.8) is 0 Å². The molecule has 0 saturated heterocycles. The van der Waals surface area contributed by atoms with Gasteiger partial charge in [0.05, 0.1) is 6.61 Å². The van der Waals surface area contributed by atoms with Crippen molar-refractivity contribution in [2.45, 2.75) is 32.6 Å². The number of anilines is 1. The van der Waals surface area contributed by atoms with E-state index in [-0.39, 0.29) is 5.91 Å². The zero-order valence-corrected chi connectivity index (χ0v) is 17.4. The van der Waals surface area contributed by atoms with Gasteiger partial charge in [0.25, 0.3) is 5.91 Å². The van der Waals surface area contributed by atoms with Crippen LogP contribution in [0, 0.1) is 0 Å². The molecule has 2 aromatic carbocycles. The highest BCUT2D eigenvalue weighted by molar-refractivity contribution is 7.15. The van der Waals surface area contributed by atoms with Gasteiger partial charge in [-0.1, -0.05) is 49.6 Å². The van der Waals surface area contributed by atoms with Gasteiger partial charge in [-0.2, -0.15) is 0 Å². The van der Waals surface area contributed by atoms with Gasteiger partial charge < -0.3 is 4.74 Å². The van der Waals surface area contributed by atoms with E-state index in [9.17, 15) is 4.79 Å². The van der Waals surface area contributed by atoms with Crippen LogP contribution in [0.3, 0.4) is 0 Å². The Morgan fingerprint density at radius 1 is 1.14 bits per heavy atom. The first-order chi connectivity index (χ1) is 13.7. The number of hydrogen-bond acceptors (Lipinski definition) is 4. The van der Waals surface area contributed by atoms with Crippen molar-refractivity contribution in [2.24, 2.45) is 0 Å². The van der Waals surface area contributed by atoms with E-state index in [4.69, 9.17) is 16.3 Å². The first-order valence-electron chi connectivity index (χ1n) is 9.38. The molecule has 1 heterocycles. The lowest BCUT2D eigenvalue weighted by molar-refractivity contribution is 0.102. The Labute approximate surface area is 174 Å². The maximum Gasteiger partial charge on any atom is 0.257 e. The van der Waals surface area contributed by atoms with Crippen molar-refractivity contribution in [3.05, 3.63) is 75.8 Å². The minimum absolute atomic E-state index is 0.184. The number of rotatable bonds is 9. The number of hydrogen-bond donors (Lipinski definition) is 1. The quantitative estimate of drug-likeness (QED) is 0.423. The lowest BCUT2D eigenvalue weighted by atomic mass is 10.1. The first kappa shape index (κ1) is 20.4. The van der Waals surface area contributed by atoms with Gasteiger partial charge in [0, 0.05) is 28.1 Å². The molecule has 0 unspecified atom stereocenters. The predicted octanol–water partition coefficient (Wildman–Crippen LogP) is 6.21. The molecule has 1 amide bonds. The summed E-state index contributed by atoms with van der Waals surface area (Å²) in [5.74, 6) is 0.597. The van der Waals surface area contributed by atoms with Crippen LogP contribution in [0.2, 0.25) is 5.02 Å². The normalized spacial score (nSPS) is 10.6. The number of amides is 1. The van der Waals surface area contributed by atoms with E-state index in [1.165, 1.54) is 17.8 Å². The van der Waals surface area contributed by atoms with Crippen molar-refractivity contribution in [3.8, 4) is 5.75 Å². The van der Waals surface area contributed by atoms with Crippen LogP contribution in [-0.4, -0.2) is 17.5 Å². The number of carbonyl (C=O) groups excluding carboxylic acids is 1. The number of nitrogens with one attached hydrogen (secondary N) is 1. The van der Waals surface area contributed by atoms with Crippen molar-refractivity contribution in [1.82, 2.24) is 4.98 Å². The third-order valence-electron chi connectivity index (χ3n) is 4.23. The molecule has 4 nitrogen and oxygen atoms in total. The smallest absolute Gasteiger partial charge is 0.257 e. The molecule has 0 spiro atoms. The van der Waals surface area contributed by atoms with E-state index in [0.29, 0.717) is 23.7 Å². The van der Waals surface area contributed by atoms with E-state index in [0.717, 1.165) is 34.1 Å². The molecule has 28 heavy (non-hydrogen) atoms. The number of halogens is 1. The minimum atomic E-state index is -0.184. The fraction of sp³-hybridized carbons (Fsp3) is 0.273. The Hall–Kier alpha value is -2.37. The number of thiazole rings is 1. The lowest BCUT2D eigenvalue weighted by Crippen LogP contribution is -2.11. The van der Waals surface area contributed by atoms with Crippen molar-refractivity contribution in [1.29, 1.82) is 0 Å². The Morgan fingerprint density at radius 3 is 2.68 bits per heavy atom. The van der Waals surface area contributed by atoms with E-state index < -0.39 is 0 Å². The molecular weight excluding hydrogens is 392 g/mol. The maximum absolute atomic E-state index is 12.4. The third-order valence-corrected chi connectivity index (χ3v) is 5.51. The number of unbranched alkanes of at least 4 members (excludes halogenated alkanes) is 2. The largest absolute Gasteiger partial charge is 0.494 e. The number of nitrogens with zero attached hydrogens (tertiary/aromatic N) is 1. The molecule has 0 aliphatic rings. The summed E-state index contributed by atoms with van der Waals surface area (Å²) in [4.78, 5) is 17.8.